The molecule has 0 aromatic heterocycles. The summed E-state index contributed by atoms with van der Waals surface area (Å²) in [6.45, 7) is 2.05. The molecule has 0 spiro atoms. The molecule has 0 nitrogen and oxygen atoms in total. The molecule has 0 aliphatic rings. The number of fused-ring (bicyclic) bond motifs is 1. The van der Waals surface area contributed by atoms with Crippen LogP contribution in [0.3, 0.4) is 0 Å². The number of benzene rings is 2. The number of allylic oxidation sites excluding steroid dienone is 2. The smallest absolute Gasteiger partial charge is 0.00914 e. The third-order valence-corrected chi connectivity index (χ3v) is 2.37. The summed E-state index contributed by atoms with van der Waals surface area (Å²) < 4.78 is 0. The molecular weight excluding hydrogens is 168 g/mol. The molecule has 0 fully saturated rings. The third-order valence-electron chi connectivity index (χ3n) is 2.37. The van der Waals surface area contributed by atoms with E-state index in [-0.39, 0.29) is 0 Å². The second-order valence-electron chi connectivity index (χ2n) is 3.32. The van der Waals surface area contributed by atoms with Crippen molar-refractivity contribution in [1.82, 2.24) is 0 Å². The topological polar surface area (TPSA) is 0 Å². The van der Waals surface area contributed by atoms with E-state index in [0.717, 1.165) is 6.42 Å². The van der Waals surface area contributed by atoms with Crippen molar-refractivity contribution in [2.75, 3.05) is 0 Å². The first kappa shape index (κ1) is 9.01. The van der Waals surface area contributed by atoms with Gasteiger partial charge in [-0.15, -0.1) is 0 Å². The van der Waals surface area contributed by atoms with Gasteiger partial charge in [-0.2, -0.15) is 0 Å². The standard InChI is InChI=1S/C14H13/c1-2-3-7-12-9-6-10-13-8-4-5-11-14(12)13/h2-6,8-9,11H,7H2,1H3/b3-2+. The zero-order chi connectivity index (χ0) is 9.80. The van der Waals surface area contributed by atoms with E-state index >= 15 is 0 Å². The van der Waals surface area contributed by atoms with Crippen LogP contribution in [-0.2, 0) is 6.42 Å². The van der Waals surface area contributed by atoms with E-state index in [1.807, 2.05) is 6.07 Å². The molecule has 0 bridgehead atoms. The SMILES string of the molecule is C/C=C/Cc1cc[c]c2ccccc12. The summed E-state index contributed by atoms with van der Waals surface area (Å²) in [4.78, 5) is 0. The minimum absolute atomic E-state index is 1.01. The van der Waals surface area contributed by atoms with E-state index in [1.165, 1.54) is 16.3 Å². The van der Waals surface area contributed by atoms with Crippen molar-refractivity contribution in [3.63, 3.8) is 0 Å². The van der Waals surface area contributed by atoms with Crippen LogP contribution < -0.4 is 0 Å². The molecule has 0 aliphatic heterocycles. The normalized spacial score (nSPS) is 11.2. The Bertz CT molecular complexity index is 447. The van der Waals surface area contributed by atoms with Crippen LogP contribution in [0.4, 0.5) is 0 Å². The predicted octanol–water partition coefficient (Wildman–Crippen LogP) is 3.76. The van der Waals surface area contributed by atoms with E-state index in [2.05, 4.69) is 55.5 Å². The highest BCUT2D eigenvalue weighted by molar-refractivity contribution is 5.85. The Morgan fingerprint density at radius 1 is 1.21 bits per heavy atom. The molecule has 0 atom stereocenters. The number of hydrogen-bond acceptors (Lipinski definition) is 0. The predicted molar refractivity (Wildman–Crippen MR) is 61.3 cm³/mol. The molecule has 0 heterocycles. The van der Waals surface area contributed by atoms with Gasteiger partial charge in [-0.05, 0) is 35.7 Å². The summed E-state index contributed by atoms with van der Waals surface area (Å²) in [6.07, 6.45) is 5.28. The van der Waals surface area contributed by atoms with Crippen LogP contribution in [0.1, 0.15) is 12.5 Å². The second kappa shape index (κ2) is 4.10. The first-order valence-electron chi connectivity index (χ1n) is 4.91. The summed E-state index contributed by atoms with van der Waals surface area (Å²) in [5.41, 5.74) is 1.37. The molecule has 0 heteroatoms. The van der Waals surface area contributed by atoms with Gasteiger partial charge in [0.05, 0.1) is 0 Å². The van der Waals surface area contributed by atoms with Gasteiger partial charge in [-0.3, -0.25) is 0 Å². The second-order valence-corrected chi connectivity index (χ2v) is 3.32. The molecule has 1 radical (unpaired) electrons. The largest absolute Gasteiger partial charge is 0.0913 e. The van der Waals surface area contributed by atoms with Crippen LogP contribution in [0.15, 0.2) is 48.6 Å². The van der Waals surface area contributed by atoms with Gasteiger partial charge in [0, 0.05) is 0 Å². The Balaban J connectivity index is 2.53. The third kappa shape index (κ3) is 1.69. The Morgan fingerprint density at radius 3 is 2.93 bits per heavy atom. The molecule has 0 saturated heterocycles. The van der Waals surface area contributed by atoms with Crippen LogP contribution in [-0.4, -0.2) is 0 Å². The van der Waals surface area contributed by atoms with E-state index in [1.54, 1.807) is 0 Å². The lowest BCUT2D eigenvalue weighted by Crippen LogP contribution is -1.83. The van der Waals surface area contributed by atoms with E-state index in [0.29, 0.717) is 0 Å². The van der Waals surface area contributed by atoms with E-state index < -0.39 is 0 Å². The highest BCUT2D eigenvalue weighted by atomic mass is 14.0. The molecular formula is C14H13. The van der Waals surface area contributed by atoms with Crippen molar-refractivity contribution in [3.8, 4) is 0 Å². The molecule has 2 aromatic carbocycles. The molecule has 0 N–H and O–H groups in total. The lowest BCUT2D eigenvalue weighted by Gasteiger charge is -2.02. The minimum Gasteiger partial charge on any atom is -0.0913 e. The molecule has 0 amide bonds. The number of hydrogen-bond donors (Lipinski definition) is 0. The van der Waals surface area contributed by atoms with Gasteiger partial charge < -0.3 is 0 Å². The van der Waals surface area contributed by atoms with Gasteiger partial charge in [0.25, 0.3) is 0 Å². The highest BCUT2D eigenvalue weighted by Gasteiger charge is 1.97. The van der Waals surface area contributed by atoms with Crippen LogP contribution in [0.5, 0.6) is 0 Å². The van der Waals surface area contributed by atoms with Gasteiger partial charge in [0.1, 0.15) is 0 Å². The molecule has 2 rings (SSSR count). The summed E-state index contributed by atoms with van der Waals surface area (Å²) in [5.74, 6) is 0. The maximum atomic E-state index is 3.24. The van der Waals surface area contributed by atoms with Crippen molar-refractivity contribution in [1.29, 1.82) is 0 Å². The van der Waals surface area contributed by atoms with Gasteiger partial charge in [0.15, 0.2) is 0 Å². The number of rotatable bonds is 2. The van der Waals surface area contributed by atoms with Crippen molar-refractivity contribution < 1.29 is 0 Å². The Kier molecular flexibility index (Phi) is 2.64. The van der Waals surface area contributed by atoms with Gasteiger partial charge in [-0.1, -0.05) is 48.6 Å². The van der Waals surface area contributed by atoms with Gasteiger partial charge in [-0.25, -0.2) is 0 Å². The first-order valence-corrected chi connectivity index (χ1v) is 4.91. The van der Waals surface area contributed by atoms with Crippen LogP contribution >= 0.6 is 0 Å². The molecule has 0 unspecified atom stereocenters. The van der Waals surface area contributed by atoms with Crippen LogP contribution in [0.2, 0.25) is 0 Å². The average molecular weight is 181 g/mol. The van der Waals surface area contributed by atoms with Crippen molar-refractivity contribution in [2.45, 2.75) is 13.3 Å². The Hall–Kier alpha value is -1.56. The zero-order valence-corrected chi connectivity index (χ0v) is 8.33. The highest BCUT2D eigenvalue weighted by Crippen LogP contribution is 2.18. The maximum absolute atomic E-state index is 3.24. The fourth-order valence-corrected chi connectivity index (χ4v) is 1.63. The summed E-state index contributed by atoms with van der Waals surface area (Å²) >= 11 is 0. The lowest BCUT2D eigenvalue weighted by molar-refractivity contribution is 1.29. The summed E-state index contributed by atoms with van der Waals surface area (Å²) in [7, 11) is 0. The van der Waals surface area contributed by atoms with Crippen molar-refractivity contribution in [2.24, 2.45) is 0 Å². The van der Waals surface area contributed by atoms with Crippen molar-refractivity contribution >= 4 is 10.8 Å². The van der Waals surface area contributed by atoms with Gasteiger partial charge in [0.2, 0.25) is 0 Å². The fraction of sp³-hybridized carbons (Fsp3) is 0.143. The Morgan fingerprint density at radius 2 is 2.07 bits per heavy atom. The molecule has 14 heavy (non-hydrogen) atoms. The average Bonchev–Trinajstić information content (AvgIpc) is 2.26. The van der Waals surface area contributed by atoms with Crippen LogP contribution in [0.25, 0.3) is 10.8 Å². The molecule has 0 aliphatic carbocycles. The summed E-state index contributed by atoms with van der Waals surface area (Å²) in [6, 6.07) is 15.8. The quantitative estimate of drug-likeness (QED) is 0.619. The molecule has 0 saturated carbocycles. The minimum atomic E-state index is 1.01. The monoisotopic (exact) mass is 181 g/mol. The van der Waals surface area contributed by atoms with Gasteiger partial charge >= 0.3 is 0 Å². The summed E-state index contributed by atoms with van der Waals surface area (Å²) in [5, 5.41) is 2.52. The Labute approximate surface area is 84.9 Å². The molecule has 69 valence electrons. The molecule has 2 aromatic rings. The maximum Gasteiger partial charge on any atom is -0.00914 e. The first-order chi connectivity index (χ1) is 6.92. The lowest BCUT2D eigenvalue weighted by atomic mass is 10.0. The zero-order valence-electron chi connectivity index (χ0n) is 8.33. The van der Waals surface area contributed by atoms with E-state index in [9.17, 15) is 0 Å². The van der Waals surface area contributed by atoms with Crippen LogP contribution in [0, 0.1) is 6.07 Å². The van der Waals surface area contributed by atoms with Crippen molar-refractivity contribution in [3.05, 3.63) is 60.2 Å². The van der Waals surface area contributed by atoms with E-state index in [4.69, 9.17) is 0 Å². The fourth-order valence-electron chi connectivity index (χ4n) is 1.63.